The molecule has 2 heteroatoms. The molecule has 0 bridgehead atoms. The second-order valence-corrected chi connectivity index (χ2v) is 4.92. The number of nitrogens with one attached hydrogen (secondary N) is 1. The largest absolute Gasteiger partial charge is 0.382 e. The van der Waals surface area contributed by atoms with Crippen LogP contribution in [-0.4, -0.2) is 30.6 Å². The van der Waals surface area contributed by atoms with Crippen molar-refractivity contribution in [1.29, 1.82) is 0 Å². The molecule has 1 heterocycles. The van der Waals surface area contributed by atoms with Gasteiger partial charge in [0.2, 0.25) is 0 Å². The Morgan fingerprint density at radius 1 is 1.47 bits per heavy atom. The van der Waals surface area contributed by atoms with Crippen molar-refractivity contribution in [3.63, 3.8) is 0 Å². The fourth-order valence-corrected chi connectivity index (χ4v) is 2.35. The average Bonchev–Trinajstić information content (AvgIpc) is 2.34. The number of hydrogen-bond acceptors (Lipinski definition) is 2. The third-order valence-electron chi connectivity index (χ3n) is 3.61. The van der Waals surface area contributed by atoms with Crippen LogP contribution in [0.5, 0.6) is 0 Å². The van der Waals surface area contributed by atoms with E-state index in [1.54, 1.807) is 0 Å². The van der Waals surface area contributed by atoms with Crippen molar-refractivity contribution in [2.24, 2.45) is 0 Å². The van der Waals surface area contributed by atoms with E-state index >= 15 is 0 Å². The second-order valence-electron chi connectivity index (χ2n) is 4.92. The highest BCUT2D eigenvalue weighted by atomic mass is 15.1. The highest BCUT2D eigenvalue weighted by Crippen LogP contribution is 2.20. The van der Waals surface area contributed by atoms with Gasteiger partial charge in [0, 0.05) is 29.9 Å². The number of anilines is 1. The summed E-state index contributed by atoms with van der Waals surface area (Å²) in [5, 5.41) is 3.58. The predicted octanol–water partition coefficient (Wildman–Crippen LogP) is 2.56. The van der Waals surface area contributed by atoms with Crippen molar-refractivity contribution >= 4 is 5.69 Å². The fraction of sp³-hybridized carbons (Fsp3) is 0.467. The number of rotatable bonds is 2. The van der Waals surface area contributed by atoms with Crippen molar-refractivity contribution in [3.8, 4) is 12.3 Å². The molecule has 1 aliphatic heterocycles. The molecule has 0 saturated carbocycles. The van der Waals surface area contributed by atoms with Gasteiger partial charge in [-0.25, -0.2) is 0 Å². The maximum Gasteiger partial charge on any atom is 0.0354 e. The van der Waals surface area contributed by atoms with Crippen LogP contribution in [0.4, 0.5) is 5.69 Å². The van der Waals surface area contributed by atoms with E-state index in [2.05, 4.69) is 36.2 Å². The van der Waals surface area contributed by atoms with Crippen LogP contribution >= 0.6 is 0 Å². The van der Waals surface area contributed by atoms with E-state index in [0.717, 1.165) is 17.8 Å². The number of terminal acetylenes is 1. The summed E-state index contributed by atoms with van der Waals surface area (Å²) >= 11 is 0. The van der Waals surface area contributed by atoms with Crippen LogP contribution in [0.1, 0.15) is 25.3 Å². The summed E-state index contributed by atoms with van der Waals surface area (Å²) < 4.78 is 0. The molecular formula is C15H20N2. The number of nitrogens with zero attached hydrogens (tertiary/aromatic N) is 1. The Balaban J connectivity index is 1.99. The molecule has 1 aliphatic rings. The summed E-state index contributed by atoms with van der Waals surface area (Å²) in [6.07, 6.45) is 7.79. The minimum absolute atomic E-state index is 0.564. The normalized spacial score (nSPS) is 25.2. The molecule has 90 valence electrons. The smallest absolute Gasteiger partial charge is 0.0354 e. The molecule has 2 unspecified atom stereocenters. The lowest BCUT2D eigenvalue weighted by molar-refractivity contribution is 0.190. The first kappa shape index (κ1) is 12.0. The monoisotopic (exact) mass is 228 g/mol. The number of benzene rings is 1. The van der Waals surface area contributed by atoms with E-state index in [-0.39, 0.29) is 0 Å². The first-order valence-corrected chi connectivity index (χ1v) is 6.22. The zero-order valence-corrected chi connectivity index (χ0v) is 10.6. The second kappa shape index (κ2) is 5.25. The first-order valence-electron chi connectivity index (χ1n) is 6.22. The van der Waals surface area contributed by atoms with Gasteiger partial charge in [0.25, 0.3) is 0 Å². The van der Waals surface area contributed by atoms with Gasteiger partial charge in [-0.1, -0.05) is 12.0 Å². The van der Waals surface area contributed by atoms with Gasteiger partial charge >= 0.3 is 0 Å². The first-order chi connectivity index (χ1) is 8.19. The fourth-order valence-electron chi connectivity index (χ4n) is 2.35. The van der Waals surface area contributed by atoms with Gasteiger partial charge in [-0.2, -0.15) is 0 Å². The Hall–Kier alpha value is -1.46. The maximum absolute atomic E-state index is 5.41. The van der Waals surface area contributed by atoms with Gasteiger partial charge in [0.05, 0.1) is 0 Å². The van der Waals surface area contributed by atoms with Crippen LogP contribution in [0.3, 0.4) is 0 Å². The summed E-state index contributed by atoms with van der Waals surface area (Å²) in [5.74, 6) is 2.67. The third-order valence-corrected chi connectivity index (χ3v) is 3.61. The van der Waals surface area contributed by atoms with Crippen LogP contribution in [0.25, 0.3) is 0 Å². The summed E-state index contributed by atoms with van der Waals surface area (Å²) in [6, 6.07) is 9.32. The van der Waals surface area contributed by atoms with Gasteiger partial charge in [-0.05, 0) is 45.0 Å². The van der Waals surface area contributed by atoms with Crippen LogP contribution < -0.4 is 5.32 Å². The molecule has 2 atom stereocenters. The van der Waals surface area contributed by atoms with Gasteiger partial charge in [0.1, 0.15) is 0 Å². The minimum atomic E-state index is 0.564. The summed E-state index contributed by atoms with van der Waals surface area (Å²) in [4.78, 5) is 2.41. The topological polar surface area (TPSA) is 15.3 Å². The zero-order valence-electron chi connectivity index (χ0n) is 10.6. The number of likely N-dealkylation sites (tertiary alicyclic amines) is 1. The molecule has 0 amide bonds. The van der Waals surface area contributed by atoms with E-state index < -0.39 is 0 Å². The van der Waals surface area contributed by atoms with Crippen molar-refractivity contribution < 1.29 is 0 Å². The third kappa shape index (κ3) is 3.01. The van der Waals surface area contributed by atoms with Crippen molar-refractivity contribution in [2.45, 2.75) is 31.8 Å². The van der Waals surface area contributed by atoms with Gasteiger partial charge in [-0.15, -0.1) is 6.42 Å². The molecule has 1 fully saturated rings. The summed E-state index contributed by atoms with van der Waals surface area (Å²) in [7, 11) is 2.19. The predicted molar refractivity (Wildman–Crippen MR) is 73.1 cm³/mol. The standard InChI is InChI=1S/C15H20N2/c1-4-13-6-5-7-14(11-13)16-15-8-9-17(3)12(2)10-15/h1,5-7,11-12,15-16H,8-10H2,2-3H3. The van der Waals surface area contributed by atoms with E-state index in [4.69, 9.17) is 6.42 Å². The SMILES string of the molecule is C#Cc1cccc(NC2CCN(C)C(C)C2)c1. The van der Waals surface area contributed by atoms with Crippen LogP contribution in [0.2, 0.25) is 0 Å². The van der Waals surface area contributed by atoms with Crippen molar-refractivity contribution in [3.05, 3.63) is 29.8 Å². The van der Waals surface area contributed by atoms with Gasteiger partial charge < -0.3 is 10.2 Å². The molecule has 2 nitrogen and oxygen atoms in total. The van der Waals surface area contributed by atoms with Crippen LogP contribution in [0.15, 0.2) is 24.3 Å². The van der Waals surface area contributed by atoms with E-state index in [9.17, 15) is 0 Å². The Kier molecular flexibility index (Phi) is 3.71. The molecular weight excluding hydrogens is 208 g/mol. The lowest BCUT2D eigenvalue weighted by atomic mass is 9.98. The quantitative estimate of drug-likeness (QED) is 0.783. The van der Waals surface area contributed by atoms with Crippen LogP contribution in [-0.2, 0) is 0 Å². The van der Waals surface area contributed by atoms with E-state index in [0.29, 0.717) is 12.1 Å². The molecule has 0 spiro atoms. The Morgan fingerprint density at radius 3 is 3.00 bits per heavy atom. The van der Waals surface area contributed by atoms with Crippen LogP contribution in [0, 0.1) is 12.3 Å². The van der Waals surface area contributed by atoms with Crippen molar-refractivity contribution in [2.75, 3.05) is 18.9 Å². The molecule has 0 aliphatic carbocycles. The maximum atomic E-state index is 5.41. The molecule has 1 aromatic carbocycles. The van der Waals surface area contributed by atoms with E-state index in [1.807, 2.05) is 18.2 Å². The summed E-state index contributed by atoms with van der Waals surface area (Å²) in [6.45, 7) is 3.44. The molecule has 0 radical (unpaired) electrons. The molecule has 1 N–H and O–H groups in total. The molecule has 0 aromatic heterocycles. The van der Waals surface area contributed by atoms with Gasteiger partial charge in [0.15, 0.2) is 0 Å². The lowest BCUT2D eigenvalue weighted by Crippen LogP contribution is -2.42. The molecule has 1 aromatic rings. The Bertz CT molecular complexity index is 419. The molecule has 17 heavy (non-hydrogen) atoms. The molecule has 1 saturated heterocycles. The highest BCUT2D eigenvalue weighted by molar-refractivity contribution is 5.50. The zero-order chi connectivity index (χ0) is 12.3. The Morgan fingerprint density at radius 2 is 2.29 bits per heavy atom. The highest BCUT2D eigenvalue weighted by Gasteiger charge is 2.22. The summed E-state index contributed by atoms with van der Waals surface area (Å²) in [5.41, 5.74) is 2.08. The Labute approximate surface area is 104 Å². The lowest BCUT2D eigenvalue weighted by Gasteiger charge is -2.35. The van der Waals surface area contributed by atoms with E-state index in [1.165, 1.54) is 12.8 Å². The number of hydrogen-bond donors (Lipinski definition) is 1. The molecule has 2 rings (SSSR count). The minimum Gasteiger partial charge on any atom is -0.382 e. The van der Waals surface area contributed by atoms with Crippen molar-refractivity contribution in [1.82, 2.24) is 4.90 Å². The number of piperidine rings is 1. The van der Waals surface area contributed by atoms with Gasteiger partial charge in [-0.3, -0.25) is 0 Å². The average molecular weight is 228 g/mol.